The van der Waals surface area contributed by atoms with Gasteiger partial charge in [-0.3, -0.25) is 4.90 Å². The van der Waals surface area contributed by atoms with Gasteiger partial charge in [0.2, 0.25) is 10.0 Å². The lowest BCUT2D eigenvalue weighted by Gasteiger charge is -2.35. The van der Waals surface area contributed by atoms with Crippen molar-refractivity contribution in [2.75, 3.05) is 50.8 Å². The molecule has 2 aromatic heterocycles. The monoisotopic (exact) mass is 604 g/mol. The van der Waals surface area contributed by atoms with Gasteiger partial charge in [0.25, 0.3) is 0 Å². The summed E-state index contributed by atoms with van der Waals surface area (Å²) in [5.41, 5.74) is 3.87. The lowest BCUT2D eigenvalue weighted by molar-refractivity contribution is 0.188. The van der Waals surface area contributed by atoms with Gasteiger partial charge in [0.1, 0.15) is 16.5 Å². The molecular formula is C32H37FN6O3S. The number of rotatable bonds is 10. The smallest absolute Gasteiger partial charge is 0.245 e. The van der Waals surface area contributed by atoms with Crippen LogP contribution in [-0.4, -0.2) is 83.1 Å². The van der Waals surface area contributed by atoms with E-state index in [-0.39, 0.29) is 23.4 Å². The van der Waals surface area contributed by atoms with E-state index in [1.165, 1.54) is 18.3 Å². The van der Waals surface area contributed by atoms with Crippen molar-refractivity contribution in [3.63, 3.8) is 0 Å². The largest absolute Gasteiger partial charge is 0.395 e. The molecule has 0 aliphatic carbocycles. The first-order chi connectivity index (χ1) is 20.9. The molecule has 11 heteroatoms. The number of aliphatic hydroxyl groups is 1. The number of halogens is 1. The predicted molar refractivity (Wildman–Crippen MR) is 164 cm³/mol. The zero-order valence-electron chi connectivity index (χ0n) is 24.1. The van der Waals surface area contributed by atoms with Crippen LogP contribution in [0.2, 0.25) is 0 Å². The van der Waals surface area contributed by atoms with Gasteiger partial charge >= 0.3 is 0 Å². The Morgan fingerprint density at radius 2 is 1.70 bits per heavy atom. The zero-order chi connectivity index (χ0) is 29.8. The lowest BCUT2D eigenvalue weighted by Crippen LogP contribution is -2.47. The van der Waals surface area contributed by atoms with Gasteiger partial charge in [0.15, 0.2) is 0 Å². The van der Waals surface area contributed by atoms with Gasteiger partial charge in [-0.05, 0) is 54.7 Å². The fourth-order valence-corrected chi connectivity index (χ4v) is 7.79. The number of aryl methyl sites for hydroxylation is 2. The Morgan fingerprint density at radius 3 is 2.44 bits per heavy atom. The average molecular weight is 605 g/mol. The van der Waals surface area contributed by atoms with Crippen LogP contribution in [-0.2, 0) is 23.0 Å². The van der Waals surface area contributed by atoms with Crippen molar-refractivity contribution in [3.05, 3.63) is 96.3 Å². The number of anilines is 1. The summed E-state index contributed by atoms with van der Waals surface area (Å²) in [5, 5.41) is 9.19. The molecule has 4 heterocycles. The van der Waals surface area contributed by atoms with Crippen LogP contribution in [0.25, 0.3) is 11.3 Å². The second kappa shape index (κ2) is 12.9. The second-order valence-electron chi connectivity index (χ2n) is 11.1. The number of piperazine rings is 1. The summed E-state index contributed by atoms with van der Waals surface area (Å²) >= 11 is 0. The van der Waals surface area contributed by atoms with Crippen molar-refractivity contribution in [2.24, 2.45) is 0 Å². The van der Waals surface area contributed by atoms with Gasteiger partial charge in [-0.2, -0.15) is 4.31 Å². The minimum Gasteiger partial charge on any atom is -0.395 e. The average Bonchev–Trinajstić information content (AvgIpc) is 3.72. The first kappa shape index (κ1) is 29.4. The summed E-state index contributed by atoms with van der Waals surface area (Å²) in [6, 6.07) is 17.7. The van der Waals surface area contributed by atoms with E-state index in [0.29, 0.717) is 19.6 Å². The number of sulfonamides is 1. The van der Waals surface area contributed by atoms with E-state index in [4.69, 9.17) is 0 Å². The van der Waals surface area contributed by atoms with Crippen LogP contribution in [0.4, 0.5) is 10.2 Å². The summed E-state index contributed by atoms with van der Waals surface area (Å²) in [6.45, 7) is 5.15. The lowest BCUT2D eigenvalue weighted by atomic mass is 9.97. The Balaban J connectivity index is 1.21. The van der Waals surface area contributed by atoms with Crippen molar-refractivity contribution in [3.8, 4) is 11.3 Å². The molecular weight excluding hydrogens is 567 g/mol. The summed E-state index contributed by atoms with van der Waals surface area (Å²) < 4.78 is 45.0. The molecule has 2 aliphatic rings. The van der Waals surface area contributed by atoms with Crippen molar-refractivity contribution in [2.45, 2.75) is 36.7 Å². The van der Waals surface area contributed by atoms with E-state index in [9.17, 15) is 17.9 Å². The molecule has 2 saturated heterocycles. The van der Waals surface area contributed by atoms with Gasteiger partial charge in [-0.1, -0.05) is 36.4 Å². The molecule has 2 aromatic carbocycles. The number of benzene rings is 2. The van der Waals surface area contributed by atoms with Crippen LogP contribution in [0.15, 0.2) is 84.3 Å². The highest BCUT2D eigenvalue weighted by Gasteiger charge is 2.37. The number of β-amino-alcohol motifs (C(OH)–C–C–N with tert-alkyl or cyclic N) is 1. The molecule has 1 atom stereocenters. The molecule has 6 rings (SSSR count). The third-order valence-corrected chi connectivity index (χ3v) is 10.4. The van der Waals surface area contributed by atoms with Crippen LogP contribution in [0, 0.1) is 5.82 Å². The van der Waals surface area contributed by atoms with Crippen molar-refractivity contribution < 1.29 is 17.9 Å². The molecule has 226 valence electrons. The maximum Gasteiger partial charge on any atom is 0.245 e. The van der Waals surface area contributed by atoms with Crippen molar-refractivity contribution in [1.29, 1.82) is 0 Å². The summed E-state index contributed by atoms with van der Waals surface area (Å²) in [6.07, 6.45) is 7.31. The maximum absolute atomic E-state index is 14.0. The number of hydrogen-bond donors (Lipinski definition) is 1. The summed E-state index contributed by atoms with van der Waals surface area (Å²) in [7, 11) is -3.78. The highest BCUT2D eigenvalue weighted by molar-refractivity contribution is 7.89. The topological polar surface area (TPSA) is 94.8 Å². The molecule has 2 fully saturated rings. The molecule has 43 heavy (non-hydrogen) atoms. The maximum atomic E-state index is 14.0. The van der Waals surface area contributed by atoms with Gasteiger partial charge in [-0.15, -0.1) is 0 Å². The number of aliphatic hydroxyl groups excluding tert-OH is 1. The fourth-order valence-electron chi connectivity index (χ4n) is 6.17. The summed E-state index contributed by atoms with van der Waals surface area (Å²) in [5.74, 6) is 0.511. The third-order valence-electron chi connectivity index (χ3n) is 8.51. The fraction of sp³-hybridized carbons (Fsp3) is 0.375. The van der Waals surface area contributed by atoms with E-state index >= 15 is 0 Å². The van der Waals surface area contributed by atoms with E-state index in [1.807, 2.05) is 30.5 Å². The Kier molecular flexibility index (Phi) is 8.85. The number of pyridine rings is 1. The van der Waals surface area contributed by atoms with E-state index in [2.05, 4.69) is 24.3 Å². The second-order valence-corrected chi connectivity index (χ2v) is 13.0. The summed E-state index contributed by atoms with van der Waals surface area (Å²) in [4.78, 5) is 13.5. The van der Waals surface area contributed by atoms with Crippen LogP contribution < -0.4 is 4.90 Å². The van der Waals surface area contributed by atoms with Crippen molar-refractivity contribution in [1.82, 2.24) is 23.7 Å². The molecule has 0 unspecified atom stereocenters. The Hall–Kier alpha value is -3.64. The molecule has 0 spiro atoms. The van der Waals surface area contributed by atoms with Crippen LogP contribution >= 0.6 is 0 Å². The van der Waals surface area contributed by atoms with Gasteiger partial charge in [0.05, 0.1) is 30.9 Å². The highest BCUT2D eigenvalue weighted by atomic mass is 32.2. The van der Waals surface area contributed by atoms with Crippen LogP contribution in [0.1, 0.15) is 30.0 Å². The Morgan fingerprint density at radius 1 is 0.907 bits per heavy atom. The minimum atomic E-state index is -3.78. The molecule has 0 saturated carbocycles. The zero-order valence-corrected chi connectivity index (χ0v) is 24.9. The number of imidazole rings is 1. The van der Waals surface area contributed by atoms with Crippen molar-refractivity contribution >= 4 is 15.8 Å². The van der Waals surface area contributed by atoms with E-state index < -0.39 is 10.0 Å². The molecule has 0 bridgehead atoms. The molecule has 0 amide bonds. The van der Waals surface area contributed by atoms with Gasteiger partial charge in [0, 0.05) is 57.6 Å². The SMILES string of the molecule is O=S(=O)(c1ccc(N2CCN(CCO)CC2)nc1)N1CCC[C@H]1c1ccccc1-c1cncn1CCc1ccc(F)cc1. The first-order valence-electron chi connectivity index (χ1n) is 14.8. The van der Waals surface area contributed by atoms with Crippen LogP contribution in [0.5, 0.6) is 0 Å². The molecule has 0 radical (unpaired) electrons. The quantitative estimate of drug-likeness (QED) is 0.293. The predicted octanol–water partition coefficient (Wildman–Crippen LogP) is 3.97. The van der Waals surface area contributed by atoms with E-state index in [0.717, 1.165) is 73.6 Å². The number of hydrogen-bond acceptors (Lipinski definition) is 7. The normalized spacial score (nSPS) is 18.4. The number of aromatic nitrogens is 3. The first-order valence-corrected chi connectivity index (χ1v) is 16.3. The molecule has 4 aromatic rings. The molecule has 1 N–H and O–H groups in total. The van der Waals surface area contributed by atoms with Gasteiger partial charge in [-0.25, -0.2) is 22.8 Å². The van der Waals surface area contributed by atoms with E-state index in [1.54, 1.807) is 34.9 Å². The standard InChI is InChI=1S/C32H37FN6O3S/c33-26-9-7-25(8-10-26)13-15-38-24-34-23-31(38)29-5-2-1-4-28(29)30-6-3-14-39(30)43(41,42)27-11-12-32(35-22-27)37-18-16-36(17-19-37)20-21-40/h1-2,4-5,7-12,22-24,30,40H,3,6,13-21H2/t30-/m0/s1. The minimum absolute atomic E-state index is 0.147. The highest BCUT2D eigenvalue weighted by Crippen LogP contribution is 2.40. The van der Waals surface area contributed by atoms with Crippen LogP contribution in [0.3, 0.4) is 0 Å². The molecule has 2 aliphatic heterocycles. The Labute approximate surface area is 252 Å². The molecule has 9 nitrogen and oxygen atoms in total. The number of nitrogens with zero attached hydrogens (tertiary/aromatic N) is 6. The Bertz CT molecular complexity index is 1620. The third kappa shape index (κ3) is 6.35. The van der Waals surface area contributed by atoms with Gasteiger partial charge < -0.3 is 14.6 Å².